The van der Waals surface area contributed by atoms with Gasteiger partial charge in [-0.2, -0.15) is 0 Å². The molecule has 1 N–H and O–H groups in total. The van der Waals surface area contributed by atoms with Gasteiger partial charge >= 0.3 is 5.91 Å². The van der Waals surface area contributed by atoms with E-state index in [4.69, 9.17) is 0 Å². The second-order valence-corrected chi connectivity index (χ2v) is 8.70. The van der Waals surface area contributed by atoms with E-state index in [0.29, 0.717) is 16.5 Å². The molecular formula is C21H23N3O2S. The van der Waals surface area contributed by atoms with Crippen LogP contribution in [-0.2, 0) is 12.8 Å². The van der Waals surface area contributed by atoms with Gasteiger partial charge in [-0.25, -0.2) is 0 Å². The first kappa shape index (κ1) is 17.9. The summed E-state index contributed by atoms with van der Waals surface area (Å²) in [7, 11) is 0. The number of fused-ring (bicyclic) bond motifs is 2. The minimum absolute atomic E-state index is 0.0436. The maximum Gasteiger partial charge on any atom is 0.305 e. The van der Waals surface area contributed by atoms with Crippen molar-refractivity contribution < 1.29 is 9.90 Å². The van der Waals surface area contributed by atoms with Crippen molar-refractivity contribution in [1.82, 2.24) is 4.57 Å². The molecule has 1 aliphatic carbocycles. The molecule has 2 aromatic heterocycles. The van der Waals surface area contributed by atoms with E-state index in [1.54, 1.807) is 4.57 Å². The molecule has 6 heteroatoms. The second-order valence-electron chi connectivity index (χ2n) is 7.57. The number of aromatic nitrogens is 1. The molecule has 4 rings (SSSR count). The van der Waals surface area contributed by atoms with Crippen molar-refractivity contribution in [3.8, 4) is 5.88 Å². The number of azo groups is 1. The van der Waals surface area contributed by atoms with Crippen LogP contribution in [0.1, 0.15) is 53.3 Å². The van der Waals surface area contributed by atoms with Gasteiger partial charge in [0, 0.05) is 16.3 Å². The molecule has 0 aliphatic heterocycles. The third kappa shape index (κ3) is 3.18. The quantitative estimate of drug-likeness (QED) is 0.562. The number of amides is 1. The van der Waals surface area contributed by atoms with Gasteiger partial charge in [0.2, 0.25) is 5.88 Å². The molecule has 27 heavy (non-hydrogen) atoms. The Hall–Kier alpha value is -2.47. The number of hydrogen-bond donors (Lipinski definition) is 1. The lowest BCUT2D eigenvalue weighted by Gasteiger charge is -2.16. The van der Waals surface area contributed by atoms with Gasteiger partial charge in [-0.3, -0.25) is 4.79 Å². The molecule has 0 saturated heterocycles. The maximum atomic E-state index is 12.6. The third-order valence-electron chi connectivity index (χ3n) is 5.16. The van der Waals surface area contributed by atoms with Crippen LogP contribution in [0.3, 0.4) is 0 Å². The molecule has 1 aromatic carbocycles. The number of hydrogen-bond acceptors (Lipinski definition) is 4. The summed E-state index contributed by atoms with van der Waals surface area (Å²) in [6.45, 7) is 6.24. The van der Waals surface area contributed by atoms with Crippen LogP contribution >= 0.6 is 11.3 Å². The predicted octanol–water partition coefficient (Wildman–Crippen LogP) is 6.04. The SMILES string of the molecule is CC(C)n1c(O)c(N=NC(=O)c2cc3c(s2)CC[C@H](C)C3)c2ccccc21. The number of para-hydroxylation sites is 1. The summed E-state index contributed by atoms with van der Waals surface area (Å²) in [6.07, 6.45) is 3.23. The topological polar surface area (TPSA) is 66.9 Å². The van der Waals surface area contributed by atoms with Crippen LogP contribution in [0.4, 0.5) is 5.69 Å². The molecule has 5 nitrogen and oxygen atoms in total. The molecule has 2 heterocycles. The molecule has 1 amide bonds. The van der Waals surface area contributed by atoms with E-state index in [-0.39, 0.29) is 17.8 Å². The third-order valence-corrected chi connectivity index (χ3v) is 6.38. The minimum Gasteiger partial charge on any atom is -0.493 e. The first-order valence-electron chi connectivity index (χ1n) is 9.35. The number of nitrogens with zero attached hydrogens (tertiary/aromatic N) is 3. The lowest BCUT2D eigenvalue weighted by Crippen LogP contribution is -2.08. The fourth-order valence-corrected chi connectivity index (χ4v) is 4.90. The summed E-state index contributed by atoms with van der Waals surface area (Å²) in [5.74, 6) is 0.362. The molecule has 0 bridgehead atoms. The highest BCUT2D eigenvalue weighted by atomic mass is 32.1. The molecule has 0 radical (unpaired) electrons. The fraction of sp³-hybridized carbons (Fsp3) is 0.381. The highest BCUT2D eigenvalue weighted by Crippen LogP contribution is 2.41. The maximum absolute atomic E-state index is 12.6. The van der Waals surface area contributed by atoms with E-state index >= 15 is 0 Å². The van der Waals surface area contributed by atoms with Crippen molar-refractivity contribution in [1.29, 1.82) is 0 Å². The van der Waals surface area contributed by atoms with Gasteiger partial charge in [0.15, 0.2) is 5.69 Å². The Morgan fingerprint density at radius 2 is 2.11 bits per heavy atom. The first-order valence-corrected chi connectivity index (χ1v) is 10.2. The Bertz CT molecular complexity index is 1050. The second kappa shape index (κ2) is 6.93. The summed E-state index contributed by atoms with van der Waals surface area (Å²) in [4.78, 5) is 14.5. The van der Waals surface area contributed by atoms with Crippen LogP contribution in [0.25, 0.3) is 10.9 Å². The van der Waals surface area contributed by atoms with Crippen molar-refractivity contribution in [3.63, 3.8) is 0 Å². The zero-order valence-electron chi connectivity index (χ0n) is 15.8. The number of aryl methyl sites for hydroxylation is 1. The van der Waals surface area contributed by atoms with Crippen LogP contribution in [0.2, 0.25) is 0 Å². The van der Waals surface area contributed by atoms with Crippen LogP contribution in [0.5, 0.6) is 5.88 Å². The van der Waals surface area contributed by atoms with Crippen molar-refractivity contribution in [3.05, 3.63) is 45.6 Å². The van der Waals surface area contributed by atoms with E-state index < -0.39 is 0 Å². The molecule has 0 saturated carbocycles. The van der Waals surface area contributed by atoms with Crippen LogP contribution in [0.15, 0.2) is 40.6 Å². The summed E-state index contributed by atoms with van der Waals surface area (Å²) in [5.41, 5.74) is 2.51. The number of carbonyl (C=O) groups is 1. The van der Waals surface area contributed by atoms with Crippen molar-refractivity contribution in [2.24, 2.45) is 16.1 Å². The Kier molecular flexibility index (Phi) is 4.60. The highest BCUT2D eigenvalue weighted by molar-refractivity contribution is 7.14. The van der Waals surface area contributed by atoms with Crippen LogP contribution in [-0.4, -0.2) is 15.6 Å². The van der Waals surface area contributed by atoms with Crippen molar-refractivity contribution in [2.75, 3.05) is 0 Å². The van der Waals surface area contributed by atoms with E-state index in [9.17, 15) is 9.90 Å². The summed E-state index contributed by atoms with van der Waals surface area (Å²) in [6, 6.07) is 9.67. The average Bonchev–Trinajstić information content (AvgIpc) is 3.17. The molecule has 0 fully saturated rings. The first-order chi connectivity index (χ1) is 13.0. The van der Waals surface area contributed by atoms with Crippen LogP contribution in [0, 0.1) is 5.92 Å². The van der Waals surface area contributed by atoms with Gasteiger partial charge in [0.05, 0.1) is 10.4 Å². The van der Waals surface area contributed by atoms with Gasteiger partial charge in [-0.15, -0.1) is 21.6 Å². The zero-order chi connectivity index (χ0) is 19.1. The van der Waals surface area contributed by atoms with Crippen molar-refractivity contribution >= 4 is 33.8 Å². The van der Waals surface area contributed by atoms with Gasteiger partial charge in [0.1, 0.15) is 0 Å². The predicted molar refractivity (Wildman–Crippen MR) is 108 cm³/mol. The van der Waals surface area contributed by atoms with Gasteiger partial charge in [0.25, 0.3) is 0 Å². The number of thiophene rings is 1. The fourth-order valence-electron chi connectivity index (χ4n) is 3.81. The van der Waals surface area contributed by atoms with Gasteiger partial charge in [-0.1, -0.05) is 25.1 Å². The average molecular weight is 382 g/mol. The number of carbonyl (C=O) groups excluding carboxylic acids is 1. The molecule has 140 valence electrons. The molecule has 3 aromatic rings. The van der Waals surface area contributed by atoms with Gasteiger partial charge < -0.3 is 9.67 Å². The van der Waals surface area contributed by atoms with Crippen molar-refractivity contribution in [2.45, 2.75) is 46.1 Å². The smallest absolute Gasteiger partial charge is 0.305 e. The molecular weight excluding hydrogens is 358 g/mol. The summed E-state index contributed by atoms with van der Waals surface area (Å²) < 4.78 is 1.80. The largest absolute Gasteiger partial charge is 0.493 e. The summed E-state index contributed by atoms with van der Waals surface area (Å²) >= 11 is 1.53. The van der Waals surface area contributed by atoms with Gasteiger partial charge in [-0.05, 0) is 56.7 Å². The van der Waals surface area contributed by atoms with E-state index in [2.05, 4.69) is 17.2 Å². The van der Waals surface area contributed by atoms with E-state index in [1.165, 1.54) is 28.2 Å². The molecule has 0 spiro atoms. The van der Waals surface area contributed by atoms with Crippen LogP contribution < -0.4 is 0 Å². The Morgan fingerprint density at radius 1 is 1.33 bits per heavy atom. The standard InChI is InChI=1S/C21H23N3O2S/c1-12(2)24-16-7-5-4-6-15(16)19(21(24)26)22-23-20(25)18-11-14-10-13(3)8-9-17(14)27-18/h4-7,11-13,26H,8-10H2,1-3H3/t13-/m0/s1. The molecule has 1 atom stereocenters. The zero-order valence-corrected chi connectivity index (χ0v) is 16.6. The lowest BCUT2D eigenvalue weighted by molar-refractivity contribution is 0.0999. The molecule has 0 unspecified atom stereocenters. The normalized spacial score (nSPS) is 17.1. The minimum atomic E-state index is -0.345. The summed E-state index contributed by atoms with van der Waals surface area (Å²) in [5, 5.41) is 19.5. The number of aromatic hydroxyl groups is 1. The Balaban J connectivity index is 1.67. The Morgan fingerprint density at radius 3 is 2.89 bits per heavy atom. The Labute approximate surface area is 162 Å². The van der Waals surface area contributed by atoms with E-state index in [0.717, 1.165) is 23.7 Å². The lowest BCUT2D eigenvalue weighted by atomic mass is 9.90. The number of benzene rings is 1. The number of rotatable bonds is 3. The monoisotopic (exact) mass is 381 g/mol. The highest BCUT2D eigenvalue weighted by Gasteiger charge is 2.22. The van der Waals surface area contributed by atoms with E-state index in [1.807, 2.05) is 44.2 Å². The molecule has 1 aliphatic rings.